The third kappa shape index (κ3) is 6.84. The van der Waals surface area contributed by atoms with Crippen LogP contribution in [0.15, 0.2) is 30.3 Å². The predicted molar refractivity (Wildman–Crippen MR) is 152 cm³/mol. The van der Waals surface area contributed by atoms with Crippen molar-refractivity contribution in [2.45, 2.75) is 95.1 Å². The third-order valence-corrected chi connectivity index (χ3v) is 8.15. The first-order valence-corrected chi connectivity index (χ1v) is 14.6. The van der Waals surface area contributed by atoms with Crippen molar-refractivity contribution < 1.29 is 46.2 Å². The molecule has 1 aromatic carbocycles. The largest absolute Gasteiger partial charge is 0.445 e. The van der Waals surface area contributed by atoms with E-state index in [9.17, 15) is 31.9 Å². The summed E-state index contributed by atoms with van der Waals surface area (Å²) in [6, 6.07) is 9.01. The molecule has 0 bridgehead atoms. The highest BCUT2D eigenvalue weighted by molar-refractivity contribution is 5.73. The number of hydrogen-bond donors (Lipinski definition) is 1. The van der Waals surface area contributed by atoms with Crippen molar-refractivity contribution in [2.75, 3.05) is 39.3 Å². The van der Waals surface area contributed by atoms with E-state index in [4.69, 9.17) is 14.2 Å². The maximum Gasteiger partial charge on any atom is 0.411 e. The van der Waals surface area contributed by atoms with Gasteiger partial charge in [-0.05, 0) is 59.9 Å². The normalized spacial score (nSPS) is 26.8. The number of ether oxygens (including phenoxy) is 3. The van der Waals surface area contributed by atoms with Gasteiger partial charge in [-0.3, -0.25) is 10.2 Å². The molecular weight excluding hydrogens is 588 g/mol. The Hall–Kier alpha value is -3.29. The molecule has 5 rings (SSSR count). The minimum Gasteiger partial charge on any atom is -0.445 e. The lowest BCUT2D eigenvalue weighted by molar-refractivity contribution is -0.224. The second kappa shape index (κ2) is 11.6. The van der Waals surface area contributed by atoms with Crippen LogP contribution in [0.2, 0.25) is 0 Å². The predicted octanol–water partition coefficient (Wildman–Crippen LogP) is 5.26. The van der Waals surface area contributed by atoms with Gasteiger partial charge in [0.1, 0.15) is 28.9 Å². The molecule has 4 saturated heterocycles. The first kappa shape index (κ1) is 33.6. The number of amides is 3. The summed E-state index contributed by atoms with van der Waals surface area (Å²) in [5.74, 6) is -5.79. The van der Waals surface area contributed by atoms with Gasteiger partial charge < -0.3 is 24.0 Å². The summed E-state index contributed by atoms with van der Waals surface area (Å²) in [4.78, 5) is 40.0. The van der Waals surface area contributed by atoms with E-state index in [0.717, 1.165) is 10.5 Å². The Labute approximate surface area is 254 Å². The maximum absolute atomic E-state index is 14.4. The molecule has 4 aliphatic heterocycles. The van der Waals surface area contributed by atoms with Crippen molar-refractivity contribution in [3.05, 3.63) is 35.9 Å². The Kier molecular flexibility index (Phi) is 8.84. The average Bonchev–Trinajstić information content (AvgIpc) is 3.58. The van der Waals surface area contributed by atoms with Crippen molar-refractivity contribution in [3.8, 4) is 0 Å². The molecule has 2 unspecified atom stereocenters. The van der Waals surface area contributed by atoms with Gasteiger partial charge in [0.2, 0.25) is 0 Å². The number of hydrogen-bond acceptors (Lipinski definition) is 7. The van der Waals surface area contributed by atoms with Gasteiger partial charge >= 0.3 is 18.3 Å². The summed E-state index contributed by atoms with van der Waals surface area (Å²) >= 11 is 0. The number of halogens is 4. The third-order valence-electron chi connectivity index (χ3n) is 8.15. The Balaban J connectivity index is 0.000000223. The zero-order valence-corrected chi connectivity index (χ0v) is 26.1. The molecule has 1 aromatic rings. The lowest BCUT2D eigenvalue weighted by atomic mass is 9.80. The molecule has 1 N–H and O–H groups in total. The summed E-state index contributed by atoms with van der Waals surface area (Å²) in [6.07, 6.45) is -1.70. The highest BCUT2D eigenvalue weighted by atomic mass is 19.3. The maximum atomic E-state index is 14.4. The number of nitrogens with one attached hydrogen (secondary N) is 1. The fourth-order valence-electron chi connectivity index (χ4n) is 5.64. The second-order valence-electron chi connectivity index (χ2n) is 13.8. The summed E-state index contributed by atoms with van der Waals surface area (Å²) in [7, 11) is 0. The van der Waals surface area contributed by atoms with Gasteiger partial charge in [0, 0.05) is 19.6 Å². The molecule has 0 saturated carbocycles. The highest BCUT2D eigenvalue weighted by Crippen LogP contribution is 2.50. The highest BCUT2D eigenvalue weighted by Gasteiger charge is 2.72. The quantitative estimate of drug-likeness (QED) is 0.352. The fourth-order valence-corrected chi connectivity index (χ4v) is 5.64. The van der Waals surface area contributed by atoms with Gasteiger partial charge in [0.05, 0.1) is 19.6 Å². The Morgan fingerprint density at radius 1 is 0.773 bits per heavy atom. The molecule has 10 nitrogen and oxygen atoms in total. The molecule has 4 aliphatic rings. The van der Waals surface area contributed by atoms with Crippen LogP contribution in [-0.4, -0.2) is 106 Å². The Bertz CT molecular complexity index is 1240. The van der Waals surface area contributed by atoms with Crippen molar-refractivity contribution in [3.63, 3.8) is 0 Å². The first-order chi connectivity index (χ1) is 20.2. The molecule has 14 heteroatoms. The zero-order chi connectivity index (χ0) is 32.8. The summed E-state index contributed by atoms with van der Waals surface area (Å²) in [5.41, 5.74) is -3.48. The zero-order valence-electron chi connectivity index (χ0n) is 26.1. The van der Waals surface area contributed by atoms with Gasteiger partial charge in [-0.15, -0.1) is 0 Å². The van der Waals surface area contributed by atoms with E-state index in [1.54, 1.807) is 65.8 Å². The Morgan fingerprint density at radius 2 is 1.32 bits per heavy atom. The molecule has 0 aliphatic carbocycles. The van der Waals surface area contributed by atoms with Crippen LogP contribution in [-0.2, 0) is 20.8 Å². The van der Waals surface area contributed by atoms with Crippen LogP contribution in [0.5, 0.6) is 0 Å². The lowest BCUT2D eigenvalue weighted by Gasteiger charge is -2.54. The topological polar surface area (TPSA) is 101 Å². The number of likely N-dealkylation sites (tertiary alicyclic amines) is 3. The lowest BCUT2D eigenvalue weighted by Crippen LogP contribution is -2.77. The van der Waals surface area contributed by atoms with Crippen molar-refractivity contribution in [2.24, 2.45) is 0 Å². The molecule has 44 heavy (non-hydrogen) atoms. The van der Waals surface area contributed by atoms with Crippen LogP contribution in [0.1, 0.15) is 59.9 Å². The van der Waals surface area contributed by atoms with Crippen molar-refractivity contribution in [1.82, 2.24) is 20.0 Å². The fraction of sp³-hybridized carbons (Fsp3) is 0.700. The number of alkyl halides is 4. The van der Waals surface area contributed by atoms with Crippen LogP contribution in [0, 0.1) is 0 Å². The molecule has 4 heterocycles. The van der Waals surface area contributed by atoms with Crippen LogP contribution in [0.3, 0.4) is 0 Å². The van der Waals surface area contributed by atoms with Gasteiger partial charge in [-0.1, -0.05) is 30.3 Å². The number of benzene rings is 1. The average molecular weight is 631 g/mol. The van der Waals surface area contributed by atoms with E-state index in [2.05, 4.69) is 5.32 Å². The van der Waals surface area contributed by atoms with Crippen LogP contribution < -0.4 is 5.32 Å². The molecule has 0 aromatic heterocycles. The van der Waals surface area contributed by atoms with Gasteiger partial charge in [-0.25, -0.2) is 31.9 Å². The first-order valence-electron chi connectivity index (χ1n) is 14.6. The van der Waals surface area contributed by atoms with Crippen molar-refractivity contribution >= 4 is 18.3 Å². The van der Waals surface area contributed by atoms with Crippen LogP contribution in [0.25, 0.3) is 0 Å². The number of carbonyl (C=O) groups excluding carboxylic acids is 3. The molecule has 4 fully saturated rings. The molecular formula is C30H42F4N4O6. The van der Waals surface area contributed by atoms with E-state index in [0.29, 0.717) is 6.54 Å². The van der Waals surface area contributed by atoms with Gasteiger partial charge in [-0.2, -0.15) is 0 Å². The van der Waals surface area contributed by atoms with E-state index in [1.165, 1.54) is 9.80 Å². The molecule has 0 radical (unpaired) electrons. The number of carbonyl (C=O) groups is 3. The van der Waals surface area contributed by atoms with E-state index in [1.807, 2.05) is 6.07 Å². The number of rotatable bonds is 2. The van der Waals surface area contributed by atoms with Crippen LogP contribution in [0.4, 0.5) is 31.9 Å². The molecule has 3 amide bonds. The SMILES string of the molecule is CC(C)(C)OC(=O)N1CCC2(C1)N(C(=O)OCc1ccccc1)CC2(F)F.CC(C)(C)OC(=O)N1CCC2(C1)NCC2(F)F. The van der Waals surface area contributed by atoms with Gasteiger partial charge in [0.15, 0.2) is 0 Å². The van der Waals surface area contributed by atoms with Crippen LogP contribution >= 0.6 is 0 Å². The summed E-state index contributed by atoms with van der Waals surface area (Å²) in [5, 5.41) is 2.76. The van der Waals surface area contributed by atoms with Crippen molar-refractivity contribution in [1.29, 1.82) is 0 Å². The standard InChI is InChI=1S/C19H24F2N2O4.C11H18F2N2O2/c1-17(2,3)27-15(24)22-10-9-18(12-22)19(20,21)13-23(18)16(25)26-11-14-7-5-4-6-8-14;1-9(2,3)17-8(16)15-5-4-10(7-15)11(12,13)6-14-10/h4-8H,9-13H2,1-3H3;14H,4-7H2,1-3H3. The smallest absolute Gasteiger partial charge is 0.411 e. The second-order valence-corrected chi connectivity index (χ2v) is 13.8. The van der Waals surface area contributed by atoms with E-state index >= 15 is 0 Å². The minimum atomic E-state index is -3.07. The van der Waals surface area contributed by atoms with E-state index in [-0.39, 0.29) is 45.6 Å². The molecule has 246 valence electrons. The summed E-state index contributed by atoms with van der Waals surface area (Å²) in [6.45, 7) is 9.58. The molecule has 2 atom stereocenters. The molecule has 2 spiro atoms. The minimum absolute atomic E-state index is 0.00754. The monoisotopic (exact) mass is 630 g/mol. The Morgan fingerprint density at radius 3 is 1.77 bits per heavy atom. The van der Waals surface area contributed by atoms with Gasteiger partial charge in [0.25, 0.3) is 11.8 Å². The number of nitrogens with zero attached hydrogens (tertiary/aromatic N) is 3. The summed E-state index contributed by atoms with van der Waals surface area (Å²) < 4.78 is 71.3. The van der Waals surface area contributed by atoms with E-state index < -0.39 is 58.9 Å².